The molecule has 65 heavy (non-hydrogen) atoms. The summed E-state index contributed by atoms with van der Waals surface area (Å²) >= 11 is 1.73. The van der Waals surface area contributed by atoms with E-state index in [1.807, 2.05) is 48.5 Å². The standard InChI is InChI=1S/C59H40N4OS/c1-59(2)47-25-13-12-23-43(47)44-32-30-41(34-48(44)59)58-61-49(37-17-6-3-7-18-37)35-51(62-58)40-29-31-42(45-24-16-27-54-56(45)65-55-28-15-14-26-53(55)64-54)46(33-40)52-36-50(38-19-8-4-9-20-38)60-57(63-52)39-21-10-5-11-22-39/h3-36H,1-2H3. The van der Waals surface area contributed by atoms with E-state index in [-0.39, 0.29) is 5.41 Å². The number of benzene rings is 8. The van der Waals surface area contributed by atoms with Gasteiger partial charge in [0.2, 0.25) is 0 Å². The number of para-hydroxylation sites is 1. The molecule has 2 aliphatic rings. The fraction of sp³-hybridized carbons (Fsp3) is 0.0508. The van der Waals surface area contributed by atoms with Gasteiger partial charge in [-0.15, -0.1) is 0 Å². The lowest BCUT2D eigenvalue weighted by atomic mass is 9.82. The Kier molecular flexibility index (Phi) is 9.35. The van der Waals surface area contributed by atoms with E-state index in [0.29, 0.717) is 11.6 Å². The summed E-state index contributed by atoms with van der Waals surface area (Å²) in [6, 6.07) is 71.8. The minimum Gasteiger partial charge on any atom is -0.455 e. The second-order valence-electron chi connectivity index (χ2n) is 17.0. The number of fused-ring (bicyclic) bond motifs is 5. The van der Waals surface area contributed by atoms with Crippen LogP contribution < -0.4 is 4.74 Å². The zero-order chi connectivity index (χ0) is 43.5. The van der Waals surface area contributed by atoms with Crippen LogP contribution in [0.5, 0.6) is 11.5 Å². The van der Waals surface area contributed by atoms with E-state index in [2.05, 4.69) is 172 Å². The Hall–Kier alpha value is -7.93. The van der Waals surface area contributed by atoms with Crippen LogP contribution in [0.25, 0.3) is 90.1 Å². The van der Waals surface area contributed by atoms with Crippen molar-refractivity contribution in [3.63, 3.8) is 0 Å². The lowest BCUT2D eigenvalue weighted by molar-refractivity contribution is 0.455. The van der Waals surface area contributed by atoms with Crippen LogP contribution in [0.2, 0.25) is 0 Å². The summed E-state index contributed by atoms with van der Waals surface area (Å²) in [5, 5.41) is 0. The Morgan fingerprint density at radius 2 is 0.877 bits per heavy atom. The first kappa shape index (κ1) is 38.7. The van der Waals surface area contributed by atoms with Crippen LogP contribution in [0.15, 0.2) is 216 Å². The van der Waals surface area contributed by atoms with Crippen LogP contribution in [-0.4, -0.2) is 19.9 Å². The molecule has 5 nitrogen and oxygen atoms in total. The summed E-state index contributed by atoms with van der Waals surface area (Å²) in [7, 11) is 0. The highest BCUT2D eigenvalue weighted by molar-refractivity contribution is 7.99. The quantitative estimate of drug-likeness (QED) is 0.159. The summed E-state index contributed by atoms with van der Waals surface area (Å²) in [6.45, 7) is 4.62. The van der Waals surface area contributed by atoms with Crippen molar-refractivity contribution in [1.82, 2.24) is 19.9 Å². The molecule has 1 aliphatic heterocycles. The summed E-state index contributed by atoms with van der Waals surface area (Å²) in [6.07, 6.45) is 0. The maximum Gasteiger partial charge on any atom is 0.160 e. The van der Waals surface area contributed by atoms with Crippen LogP contribution in [0, 0.1) is 0 Å². The molecule has 1 aliphatic carbocycles. The molecular weight excluding hydrogens is 813 g/mol. The third kappa shape index (κ3) is 6.91. The van der Waals surface area contributed by atoms with E-state index in [4.69, 9.17) is 24.7 Å². The Morgan fingerprint density at radius 1 is 0.354 bits per heavy atom. The average molecular weight is 853 g/mol. The second-order valence-corrected chi connectivity index (χ2v) is 18.0. The monoisotopic (exact) mass is 852 g/mol. The van der Waals surface area contributed by atoms with Crippen LogP contribution in [0.4, 0.5) is 0 Å². The maximum atomic E-state index is 6.54. The topological polar surface area (TPSA) is 60.8 Å². The normalized spacial score (nSPS) is 13.0. The average Bonchev–Trinajstić information content (AvgIpc) is 3.60. The third-order valence-electron chi connectivity index (χ3n) is 12.6. The molecule has 0 radical (unpaired) electrons. The third-order valence-corrected chi connectivity index (χ3v) is 13.8. The van der Waals surface area contributed by atoms with Gasteiger partial charge in [0.05, 0.1) is 32.6 Å². The second kappa shape index (κ2) is 15.7. The van der Waals surface area contributed by atoms with Crippen LogP contribution in [0.1, 0.15) is 25.0 Å². The highest BCUT2D eigenvalue weighted by Crippen LogP contribution is 2.53. The maximum absolute atomic E-state index is 6.54. The predicted octanol–water partition coefficient (Wildman–Crippen LogP) is 15.5. The van der Waals surface area contributed by atoms with Crippen molar-refractivity contribution in [1.29, 1.82) is 0 Å². The first-order valence-electron chi connectivity index (χ1n) is 21.9. The number of ether oxygens (including phenoxy) is 1. The van der Waals surface area contributed by atoms with Crippen molar-refractivity contribution in [3.05, 3.63) is 217 Å². The highest BCUT2D eigenvalue weighted by Gasteiger charge is 2.35. The molecule has 0 bridgehead atoms. The molecule has 0 amide bonds. The van der Waals surface area contributed by atoms with Crippen molar-refractivity contribution in [2.45, 2.75) is 29.1 Å². The number of aromatic nitrogens is 4. The zero-order valence-electron chi connectivity index (χ0n) is 35.7. The number of hydrogen-bond acceptors (Lipinski definition) is 6. The number of rotatable bonds is 7. The summed E-state index contributed by atoms with van der Waals surface area (Å²) in [4.78, 5) is 23.4. The van der Waals surface area contributed by atoms with Gasteiger partial charge in [-0.1, -0.05) is 189 Å². The molecule has 0 spiro atoms. The van der Waals surface area contributed by atoms with Gasteiger partial charge in [-0.3, -0.25) is 0 Å². The largest absolute Gasteiger partial charge is 0.455 e. The molecule has 8 aromatic carbocycles. The van der Waals surface area contributed by atoms with E-state index >= 15 is 0 Å². The van der Waals surface area contributed by atoms with Crippen molar-refractivity contribution >= 4 is 11.8 Å². The van der Waals surface area contributed by atoms with Gasteiger partial charge in [0.15, 0.2) is 11.6 Å². The molecule has 0 fully saturated rings. The Labute approximate surface area is 382 Å². The van der Waals surface area contributed by atoms with Crippen LogP contribution in [0.3, 0.4) is 0 Å². The molecule has 0 saturated carbocycles. The number of hydrogen-bond donors (Lipinski definition) is 0. The molecule has 2 aromatic heterocycles. The molecule has 308 valence electrons. The SMILES string of the molecule is CC1(C)c2ccccc2-c2ccc(-c3nc(-c4ccccc4)cc(-c4ccc(-c5cccc6c5Sc5ccccc5O6)c(-c5cc(-c6ccccc6)nc(-c6ccccc6)n5)c4)n3)cc21. The van der Waals surface area contributed by atoms with Gasteiger partial charge in [0.25, 0.3) is 0 Å². The highest BCUT2D eigenvalue weighted by atomic mass is 32.2. The van der Waals surface area contributed by atoms with Crippen molar-refractivity contribution in [2.24, 2.45) is 0 Å². The van der Waals surface area contributed by atoms with Gasteiger partial charge >= 0.3 is 0 Å². The Bertz CT molecular complexity index is 3400. The van der Waals surface area contributed by atoms with Crippen molar-refractivity contribution < 1.29 is 4.74 Å². The molecular formula is C59H40N4OS. The fourth-order valence-corrected chi connectivity index (χ4v) is 10.4. The summed E-state index contributed by atoms with van der Waals surface area (Å²) in [5.41, 5.74) is 16.2. The van der Waals surface area contributed by atoms with Gasteiger partial charge in [0.1, 0.15) is 11.5 Å². The van der Waals surface area contributed by atoms with Gasteiger partial charge in [-0.2, -0.15) is 0 Å². The van der Waals surface area contributed by atoms with Crippen LogP contribution >= 0.6 is 11.8 Å². The molecule has 10 aromatic rings. The molecule has 6 heteroatoms. The minimum absolute atomic E-state index is 0.163. The van der Waals surface area contributed by atoms with Gasteiger partial charge in [-0.25, -0.2) is 19.9 Å². The van der Waals surface area contributed by atoms with Gasteiger partial charge in [-0.05, 0) is 70.3 Å². The lowest BCUT2D eigenvalue weighted by Crippen LogP contribution is -2.15. The molecule has 12 rings (SSSR count). The van der Waals surface area contributed by atoms with E-state index < -0.39 is 0 Å². The van der Waals surface area contributed by atoms with E-state index in [9.17, 15) is 0 Å². The molecule has 0 unspecified atom stereocenters. The first-order chi connectivity index (χ1) is 31.9. The Balaban J connectivity index is 1.08. The van der Waals surface area contributed by atoms with Gasteiger partial charge in [0, 0.05) is 44.4 Å². The minimum atomic E-state index is -0.163. The van der Waals surface area contributed by atoms with Gasteiger partial charge < -0.3 is 4.74 Å². The first-order valence-corrected chi connectivity index (χ1v) is 22.7. The van der Waals surface area contributed by atoms with Crippen molar-refractivity contribution in [2.75, 3.05) is 0 Å². The Morgan fingerprint density at radius 3 is 1.62 bits per heavy atom. The van der Waals surface area contributed by atoms with Crippen molar-refractivity contribution in [3.8, 4) is 102 Å². The van der Waals surface area contributed by atoms with Crippen LogP contribution in [-0.2, 0) is 5.41 Å². The molecule has 0 atom stereocenters. The molecule has 3 heterocycles. The van der Waals surface area contributed by atoms with E-state index in [1.165, 1.54) is 22.3 Å². The fourth-order valence-electron chi connectivity index (χ4n) is 9.29. The lowest BCUT2D eigenvalue weighted by Gasteiger charge is -2.23. The summed E-state index contributed by atoms with van der Waals surface area (Å²) in [5.74, 6) is 3.01. The zero-order valence-corrected chi connectivity index (χ0v) is 36.6. The predicted molar refractivity (Wildman–Crippen MR) is 264 cm³/mol. The van der Waals surface area contributed by atoms with E-state index in [1.54, 1.807) is 11.8 Å². The smallest absolute Gasteiger partial charge is 0.160 e. The molecule has 0 saturated heterocycles. The van der Waals surface area contributed by atoms with E-state index in [0.717, 1.165) is 88.6 Å². The molecule has 0 N–H and O–H groups in total. The number of nitrogens with zero attached hydrogens (tertiary/aromatic N) is 4. The summed E-state index contributed by atoms with van der Waals surface area (Å²) < 4.78 is 6.54.